The Morgan fingerprint density at radius 1 is 1.03 bits per heavy atom. The fourth-order valence-corrected chi connectivity index (χ4v) is 3.62. The van der Waals surface area contributed by atoms with Crippen LogP contribution in [-0.4, -0.2) is 26.1 Å². The Labute approximate surface area is 172 Å². The average Bonchev–Trinajstić information content (AvgIpc) is 3.38. The molecule has 0 saturated heterocycles. The van der Waals surface area contributed by atoms with Crippen molar-refractivity contribution in [1.82, 2.24) is 14.2 Å². The minimum atomic E-state index is -0.859. The number of rotatable bonds is 4. The molecule has 0 saturated carbocycles. The van der Waals surface area contributed by atoms with Gasteiger partial charge in [-0.05, 0) is 54.8 Å². The summed E-state index contributed by atoms with van der Waals surface area (Å²) >= 11 is 0. The Hall–Kier alpha value is -3.58. The molecule has 0 bridgehead atoms. The third-order valence-corrected chi connectivity index (χ3v) is 5.56. The fraction of sp³-hybridized carbons (Fsp3) is 0.217. The molecule has 152 valence electrons. The first-order chi connectivity index (χ1) is 14.5. The van der Waals surface area contributed by atoms with Crippen molar-refractivity contribution in [2.45, 2.75) is 26.5 Å². The SMILES string of the molecule is Cc1ccc(-c2cc3c(=O)n(C[C@@H](O)c4ccc5c(c4)OCO5)ccn3n2)cc1C. The number of aliphatic hydroxyl groups excluding tert-OH is 1. The lowest BCUT2D eigenvalue weighted by molar-refractivity contribution is 0.154. The molecule has 30 heavy (non-hydrogen) atoms. The maximum Gasteiger partial charge on any atom is 0.276 e. The second-order valence-electron chi connectivity index (χ2n) is 7.54. The van der Waals surface area contributed by atoms with Crippen LogP contribution in [0.2, 0.25) is 0 Å². The van der Waals surface area contributed by atoms with E-state index in [1.807, 2.05) is 6.07 Å². The molecule has 5 rings (SSSR count). The minimum Gasteiger partial charge on any atom is -0.454 e. The van der Waals surface area contributed by atoms with Crippen molar-refractivity contribution in [3.05, 3.63) is 81.9 Å². The maximum atomic E-state index is 13.0. The Morgan fingerprint density at radius 3 is 2.70 bits per heavy atom. The molecule has 2 aromatic carbocycles. The van der Waals surface area contributed by atoms with Crippen LogP contribution in [0, 0.1) is 13.8 Å². The van der Waals surface area contributed by atoms with Gasteiger partial charge in [0.15, 0.2) is 11.5 Å². The predicted octanol–water partition coefficient (Wildman–Crippen LogP) is 3.24. The first-order valence-corrected chi connectivity index (χ1v) is 9.74. The summed E-state index contributed by atoms with van der Waals surface area (Å²) in [5.74, 6) is 1.26. The van der Waals surface area contributed by atoms with E-state index in [9.17, 15) is 9.90 Å². The van der Waals surface area contributed by atoms with Crippen molar-refractivity contribution in [3.8, 4) is 22.8 Å². The lowest BCUT2D eigenvalue weighted by Gasteiger charge is -2.13. The van der Waals surface area contributed by atoms with Gasteiger partial charge in [-0.3, -0.25) is 4.79 Å². The zero-order valence-corrected chi connectivity index (χ0v) is 16.7. The molecule has 0 spiro atoms. The van der Waals surface area contributed by atoms with Crippen molar-refractivity contribution in [2.75, 3.05) is 6.79 Å². The minimum absolute atomic E-state index is 0.124. The quantitative estimate of drug-likeness (QED) is 0.566. The van der Waals surface area contributed by atoms with Crippen LogP contribution in [0.1, 0.15) is 22.8 Å². The number of aliphatic hydroxyl groups is 1. The number of hydrogen-bond acceptors (Lipinski definition) is 5. The summed E-state index contributed by atoms with van der Waals surface area (Å²) in [7, 11) is 0. The van der Waals surface area contributed by atoms with Gasteiger partial charge in [0.05, 0.1) is 18.3 Å². The number of aryl methyl sites for hydroxylation is 2. The highest BCUT2D eigenvalue weighted by Crippen LogP contribution is 2.34. The lowest BCUT2D eigenvalue weighted by atomic mass is 10.0. The first-order valence-electron chi connectivity index (χ1n) is 9.74. The number of ether oxygens (including phenoxy) is 2. The highest BCUT2D eigenvalue weighted by molar-refractivity contribution is 5.66. The van der Waals surface area contributed by atoms with Crippen LogP contribution in [-0.2, 0) is 6.54 Å². The summed E-state index contributed by atoms with van der Waals surface area (Å²) in [4.78, 5) is 13.0. The van der Waals surface area contributed by atoms with Gasteiger partial charge < -0.3 is 19.1 Å². The zero-order chi connectivity index (χ0) is 20.8. The van der Waals surface area contributed by atoms with Gasteiger partial charge in [0, 0.05) is 18.0 Å². The second-order valence-corrected chi connectivity index (χ2v) is 7.54. The number of aromatic nitrogens is 3. The van der Waals surface area contributed by atoms with Gasteiger partial charge in [-0.2, -0.15) is 5.10 Å². The van der Waals surface area contributed by atoms with E-state index in [0.29, 0.717) is 22.6 Å². The molecule has 0 amide bonds. The standard InChI is InChI=1S/C23H21N3O4/c1-14-3-4-16(9-15(14)2)18-11-19-23(28)25(7-8-26(19)24-18)12-20(27)17-5-6-21-22(10-17)30-13-29-21/h3-11,20,27H,12-13H2,1-2H3/t20-/m1/s1. The van der Waals surface area contributed by atoms with Crippen molar-refractivity contribution in [1.29, 1.82) is 0 Å². The molecule has 1 aliphatic heterocycles. The van der Waals surface area contributed by atoms with Crippen LogP contribution >= 0.6 is 0 Å². The predicted molar refractivity (Wildman–Crippen MR) is 112 cm³/mol. The molecule has 0 radical (unpaired) electrons. The van der Waals surface area contributed by atoms with E-state index in [1.165, 1.54) is 15.7 Å². The maximum absolute atomic E-state index is 13.0. The van der Waals surface area contributed by atoms with Gasteiger partial charge in [-0.15, -0.1) is 0 Å². The van der Waals surface area contributed by atoms with Gasteiger partial charge in [0.25, 0.3) is 5.56 Å². The summed E-state index contributed by atoms with van der Waals surface area (Å²) < 4.78 is 13.7. The molecule has 0 aliphatic carbocycles. The largest absolute Gasteiger partial charge is 0.454 e. The number of benzene rings is 2. The van der Waals surface area contributed by atoms with E-state index in [1.54, 1.807) is 41.2 Å². The van der Waals surface area contributed by atoms with E-state index in [-0.39, 0.29) is 18.9 Å². The first kappa shape index (κ1) is 18.4. The van der Waals surface area contributed by atoms with Gasteiger partial charge in [-0.25, -0.2) is 4.52 Å². The van der Waals surface area contributed by atoms with Crippen LogP contribution in [0.4, 0.5) is 0 Å². The van der Waals surface area contributed by atoms with Crippen molar-refractivity contribution in [3.63, 3.8) is 0 Å². The van der Waals surface area contributed by atoms with Crippen LogP contribution < -0.4 is 15.0 Å². The fourth-order valence-electron chi connectivity index (χ4n) is 3.62. The molecule has 7 heteroatoms. The second kappa shape index (κ2) is 7.03. The van der Waals surface area contributed by atoms with Gasteiger partial charge in [-0.1, -0.05) is 18.2 Å². The molecule has 0 unspecified atom stereocenters. The van der Waals surface area contributed by atoms with E-state index in [0.717, 1.165) is 11.3 Å². The Balaban J connectivity index is 1.46. The third kappa shape index (κ3) is 3.13. The smallest absolute Gasteiger partial charge is 0.276 e. The van der Waals surface area contributed by atoms with E-state index in [4.69, 9.17) is 9.47 Å². The summed E-state index contributed by atoms with van der Waals surface area (Å²) in [6.45, 7) is 4.42. The van der Waals surface area contributed by atoms with Crippen LogP contribution in [0.5, 0.6) is 11.5 Å². The highest BCUT2D eigenvalue weighted by Gasteiger charge is 2.18. The van der Waals surface area contributed by atoms with Crippen LogP contribution in [0.3, 0.4) is 0 Å². The van der Waals surface area contributed by atoms with Gasteiger partial charge in [0.1, 0.15) is 5.52 Å². The molecular formula is C23H21N3O4. The van der Waals surface area contributed by atoms with E-state index in [2.05, 4.69) is 31.1 Å². The Morgan fingerprint density at radius 2 is 1.87 bits per heavy atom. The van der Waals surface area contributed by atoms with Crippen molar-refractivity contribution >= 4 is 5.52 Å². The normalized spacial score (nSPS) is 13.7. The Kier molecular flexibility index (Phi) is 4.33. The molecule has 7 nitrogen and oxygen atoms in total. The molecule has 3 heterocycles. The third-order valence-electron chi connectivity index (χ3n) is 5.56. The van der Waals surface area contributed by atoms with Crippen molar-refractivity contribution < 1.29 is 14.6 Å². The molecular weight excluding hydrogens is 382 g/mol. The molecule has 2 aromatic heterocycles. The van der Waals surface area contributed by atoms with E-state index >= 15 is 0 Å². The monoisotopic (exact) mass is 403 g/mol. The van der Waals surface area contributed by atoms with E-state index < -0.39 is 6.10 Å². The zero-order valence-electron chi connectivity index (χ0n) is 16.7. The van der Waals surface area contributed by atoms with Gasteiger partial charge in [0.2, 0.25) is 6.79 Å². The number of fused-ring (bicyclic) bond motifs is 2. The number of nitrogens with zero attached hydrogens (tertiary/aromatic N) is 3. The summed E-state index contributed by atoms with van der Waals surface area (Å²) in [6.07, 6.45) is 2.51. The summed E-state index contributed by atoms with van der Waals surface area (Å²) in [6, 6.07) is 13.2. The molecule has 1 N–H and O–H groups in total. The molecule has 1 atom stereocenters. The van der Waals surface area contributed by atoms with Crippen LogP contribution in [0.25, 0.3) is 16.8 Å². The topological polar surface area (TPSA) is 78.0 Å². The van der Waals surface area contributed by atoms with Crippen LogP contribution in [0.15, 0.2) is 59.7 Å². The van der Waals surface area contributed by atoms with Crippen molar-refractivity contribution in [2.24, 2.45) is 0 Å². The number of hydrogen-bond donors (Lipinski definition) is 1. The summed E-state index contributed by atoms with van der Waals surface area (Å²) in [5, 5.41) is 15.2. The molecule has 0 fully saturated rings. The molecule has 4 aromatic rings. The average molecular weight is 403 g/mol. The van der Waals surface area contributed by atoms with Gasteiger partial charge >= 0.3 is 0 Å². The summed E-state index contributed by atoms with van der Waals surface area (Å²) in [5.41, 5.74) is 5.01. The highest BCUT2D eigenvalue weighted by atomic mass is 16.7. The lowest BCUT2D eigenvalue weighted by Crippen LogP contribution is -2.24. The molecule has 1 aliphatic rings. The Bertz CT molecular complexity index is 1320.